The normalized spacial score (nSPS) is 10.5. The number of rotatable bonds is 3. The van der Waals surface area contributed by atoms with Crippen molar-refractivity contribution in [2.45, 2.75) is 13.5 Å². The van der Waals surface area contributed by atoms with Crippen LogP contribution < -0.4 is 0 Å². The number of aromatic nitrogens is 2. The molecule has 0 N–H and O–H groups in total. The van der Waals surface area contributed by atoms with Gasteiger partial charge in [0.25, 0.3) is 5.91 Å². The summed E-state index contributed by atoms with van der Waals surface area (Å²) >= 11 is 1.41. The van der Waals surface area contributed by atoms with Crippen LogP contribution in [0.25, 0.3) is 0 Å². The van der Waals surface area contributed by atoms with E-state index in [2.05, 4.69) is 9.97 Å². The maximum Gasteiger partial charge on any atom is 0.257 e. The van der Waals surface area contributed by atoms with Crippen molar-refractivity contribution in [1.29, 1.82) is 0 Å². The average molecular weight is 283 g/mol. The Hall–Kier alpha value is -1.89. The van der Waals surface area contributed by atoms with Gasteiger partial charge in [0.05, 0.1) is 23.3 Å². The van der Waals surface area contributed by atoms with E-state index in [4.69, 9.17) is 0 Å². The third-order valence-electron chi connectivity index (χ3n) is 2.65. The topological polar surface area (TPSA) is 46.1 Å². The molecule has 2 aromatic heterocycles. The van der Waals surface area contributed by atoms with Crippen LogP contribution in [0.2, 0.25) is 0 Å². The molecule has 0 aromatic carbocycles. The first-order valence-electron chi connectivity index (χ1n) is 5.45. The Kier molecular flexibility index (Phi) is 3.84. The zero-order chi connectivity index (χ0) is 14.0. The van der Waals surface area contributed by atoms with Crippen molar-refractivity contribution in [2.75, 3.05) is 7.05 Å². The molecule has 4 nitrogen and oxygen atoms in total. The third-order valence-corrected chi connectivity index (χ3v) is 3.57. The maximum atomic E-state index is 13.5. The number of amides is 1. The molecule has 2 rings (SSSR count). The predicted molar refractivity (Wildman–Crippen MR) is 66.8 cm³/mol. The lowest BCUT2D eigenvalue weighted by Crippen LogP contribution is -2.27. The van der Waals surface area contributed by atoms with Crippen molar-refractivity contribution in [3.8, 4) is 0 Å². The zero-order valence-electron chi connectivity index (χ0n) is 10.4. The van der Waals surface area contributed by atoms with E-state index in [1.165, 1.54) is 23.3 Å². The molecule has 0 saturated heterocycles. The van der Waals surface area contributed by atoms with Gasteiger partial charge < -0.3 is 4.90 Å². The molecule has 0 aliphatic heterocycles. The van der Waals surface area contributed by atoms with Crippen LogP contribution in [0.3, 0.4) is 0 Å². The van der Waals surface area contributed by atoms with Crippen LogP contribution in [0.5, 0.6) is 0 Å². The predicted octanol–water partition coefficient (Wildman–Crippen LogP) is 2.40. The fraction of sp³-hybridized carbons (Fsp3) is 0.250. The van der Waals surface area contributed by atoms with Crippen molar-refractivity contribution in [3.63, 3.8) is 0 Å². The molecule has 0 bridgehead atoms. The Balaban J connectivity index is 2.20. The first kappa shape index (κ1) is 13.5. The smallest absolute Gasteiger partial charge is 0.257 e. The Morgan fingerprint density at radius 1 is 1.42 bits per heavy atom. The summed E-state index contributed by atoms with van der Waals surface area (Å²) in [6, 6.07) is 1.16. The van der Waals surface area contributed by atoms with Gasteiger partial charge in [-0.2, -0.15) is 4.39 Å². The molecular formula is C12H11F2N3OS. The highest BCUT2D eigenvalue weighted by Crippen LogP contribution is 2.17. The summed E-state index contributed by atoms with van der Waals surface area (Å²) in [5, 5.41) is 0. The highest BCUT2D eigenvalue weighted by atomic mass is 32.1. The molecule has 0 atom stereocenters. The lowest BCUT2D eigenvalue weighted by molar-refractivity contribution is 0.0780. The molecular weight excluding hydrogens is 272 g/mol. The number of carbonyl (C=O) groups is 1. The minimum Gasteiger partial charge on any atom is -0.336 e. The molecule has 0 aliphatic carbocycles. The first-order chi connectivity index (χ1) is 9.00. The molecule has 2 heterocycles. The van der Waals surface area contributed by atoms with E-state index in [1.54, 1.807) is 5.51 Å². The van der Waals surface area contributed by atoms with Gasteiger partial charge in [-0.25, -0.2) is 14.4 Å². The maximum absolute atomic E-state index is 13.5. The summed E-state index contributed by atoms with van der Waals surface area (Å²) in [6.07, 6.45) is 1.07. The van der Waals surface area contributed by atoms with Gasteiger partial charge in [0.15, 0.2) is 5.82 Å². The second kappa shape index (κ2) is 5.40. The van der Waals surface area contributed by atoms with Gasteiger partial charge >= 0.3 is 0 Å². The monoisotopic (exact) mass is 283 g/mol. The molecule has 0 saturated carbocycles. The van der Waals surface area contributed by atoms with Crippen LogP contribution in [0.1, 0.15) is 20.9 Å². The fourth-order valence-electron chi connectivity index (χ4n) is 1.55. The van der Waals surface area contributed by atoms with Crippen LogP contribution in [-0.4, -0.2) is 27.8 Å². The van der Waals surface area contributed by atoms with Gasteiger partial charge in [-0.15, -0.1) is 11.3 Å². The van der Waals surface area contributed by atoms with Gasteiger partial charge in [-0.1, -0.05) is 0 Å². The van der Waals surface area contributed by atoms with Crippen molar-refractivity contribution < 1.29 is 13.6 Å². The van der Waals surface area contributed by atoms with E-state index in [0.717, 1.165) is 22.8 Å². The number of aryl methyl sites for hydroxylation is 1. The number of hydrogen-bond acceptors (Lipinski definition) is 4. The Morgan fingerprint density at radius 3 is 2.79 bits per heavy atom. The first-order valence-corrected chi connectivity index (χ1v) is 6.33. The molecule has 0 unspecified atom stereocenters. The van der Waals surface area contributed by atoms with Crippen LogP contribution >= 0.6 is 11.3 Å². The minimum absolute atomic E-state index is 0.304. The lowest BCUT2D eigenvalue weighted by atomic mass is 10.2. The van der Waals surface area contributed by atoms with Crippen molar-refractivity contribution in [1.82, 2.24) is 14.9 Å². The molecule has 0 aliphatic rings. The molecule has 7 heteroatoms. The van der Waals surface area contributed by atoms with Crippen molar-refractivity contribution >= 4 is 17.2 Å². The highest BCUT2D eigenvalue weighted by Gasteiger charge is 2.20. The minimum atomic E-state index is -1.27. The quantitative estimate of drug-likeness (QED) is 0.813. The SMILES string of the molecule is Cc1ncsc1CN(C)C(=O)c1ccnc(F)c1F. The second-order valence-electron chi connectivity index (χ2n) is 3.99. The van der Waals surface area contributed by atoms with Gasteiger partial charge in [0.2, 0.25) is 5.95 Å². The highest BCUT2D eigenvalue weighted by molar-refractivity contribution is 7.09. The lowest BCUT2D eigenvalue weighted by Gasteiger charge is -2.16. The van der Waals surface area contributed by atoms with Crippen LogP contribution in [0, 0.1) is 18.7 Å². The summed E-state index contributed by atoms with van der Waals surface area (Å²) in [4.78, 5) is 21.5. The van der Waals surface area contributed by atoms with E-state index in [-0.39, 0.29) is 5.56 Å². The Morgan fingerprint density at radius 2 is 2.16 bits per heavy atom. The zero-order valence-corrected chi connectivity index (χ0v) is 11.2. The van der Waals surface area contributed by atoms with E-state index in [0.29, 0.717) is 6.54 Å². The summed E-state index contributed by atoms with van der Waals surface area (Å²) in [7, 11) is 1.53. The van der Waals surface area contributed by atoms with Crippen molar-refractivity contribution in [2.24, 2.45) is 0 Å². The van der Waals surface area contributed by atoms with Gasteiger partial charge in [0, 0.05) is 18.1 Å². The van der Waals surface area contributed by atoms with E-state index in [9.17, 15) is 13.6 Å². The fourth-order valence-corrected chi connectivity index (χ4v) is 2.38. The summed E-state index contributed by atoms with van der Waals surface area (Å²) in [6.45, 7) is 2.13. The molecule has 1 amide bonds. The Labute approximate surface area is 112 Å². The summed E-state index contributed by atoms with van der Waals surface area (Å²) < 4.78 is 26.5. The van der Waals surface area contributed by atoms with E-state index >= 15 is 0 Å². The summed E-state index contributed by atoms with van der Waals surface area (Å²) in [5.74, 6) is -3.08. The molecule has 0 fully saturated rings. The van der Waals surface area contributed by atoms with E-state index in [1.807, 2.05) is 6.92 Å². The van der Waals surface area contributed by atoms with Crippen LogP contribution in [0.15, 0.2) is 17.8 Å². The number of carbonyl (C=O) groups excluding carboxylic acids is 1. The van der Waals surface area contributed by atoms with Gasteiger partial charge in [-0.05, 0) is 13.0 Å². The second-order valence-corrected chi connectivity index (χ2v) is 4.92. The molecule has 0 radical (unpaired) electrons. The van der Waals surface area contributed by atoms with E-state index < -0.39 is 17.7 Å². The Bertz CT molecular complexity index is 615. The van der Waals surface area contributed by atoms with Crippen LogP contribution in [0.4, 0.5) is 8.78 Å². The summed E-state index contributed by atoms with van der Waals surface area (Å²) in [5.41, 5.74) is 2.18. The number of thiazole rings is 1. The number of hydrogen-bond donors (Lipinski definition) is 0. The molecule has 100 valence electrons. The number of pyridine rings is 1. The number of halogens is 2. The molecule has 19 heavy (non-hydrogen) atoms. The largest absolute Gasteiger partial charge is 0.336 e. The molecule has 2 aromatic rings. The van der Waals surface area contributed by atoms with Gasteiger partial charge in [-0.3, -0.25) is 4.79 Å². The third kappa shape index (κ3) is 2.76. The number of nitrogens with zero attached hydrogens (tertiary/aromatic N) is 3. The molecule has 0 spiro atoms. The standard InChI is InChI=1S/C12H11F2N3OS/c1-7-9(19-6-16-7)5-17(2)12(18)8-3-4-15-11(14)10(8)13/h3-4,6H,5H2,1-2H3. The van der Waals surface area contributed by atoms with Gasteiger partial charge in [0.1, 0.15) is 0 Å². The van der Waals surface area contributed by atoms with Crippen LogP contribution in [-0.2, 0) is 6.54 Å². The van der Waals surface area contributed by atoms with Crippen molar-refractivity contribution in [3.05, 3.63) is 45.7 Å². The average Bonchev–Trinajstić information content (AvgIpc) is 2.77.